The normalized spacial score (nSPS) is 15.9. The highest BCUT2D eigenvalue weighted by Gasteiger charge is 2.44. The number of carbonyl (C=O) groups is 2. The molecule has 2 aromatic rings. The third-order valence-electron chi connectivity index (χ3n) is 5.66. The minimum atomic E-state index is -0.766. The van der Waals surface area contributed by atoms with E-state index in [4.69, 9.17) is 14.2 Å². The van der Waals surface area contributed by atoms with Crippen molar-refractivity contribution in [3.63, 3.8) is 0 Å². The lowest BCUT2D eigenvalue weighted by molar-refractivity contribution is -0.129. The van der Waals surface area contributed by atoms with Crippen molar-refractivity contribution in [2.75, 3.05) is 34.0 Å². The molecule has 0 radical (unpaired) electrons. The Bertz CT molecular complexity index is 1080. The Balaban J connectivity index is 2.05. The maximum absolute atomic E-state index is 13.6. The summed E-state index contributed by atoms with van der Waals surface area (Å²) in [6.07, 6.45) is 2.48. The number of aromatic nitrogens is 1. The van der Waals surface area contributed by atoms with Gasteiger partial charge in [0.15, 0.2) is 17.3 Å². The van der Waals surface area contributed by atoms with Gasteiger partial charge in [0, 0.05) is 20.3 Å². The number of carbonyl (C=O) groups excluding carboxylic acids is 2. The predicted octanol–water partition coefficient (Wildman–Crippen LogP) is 4.56. The molecule has 184 valence electrons. The fraction of sp³-hybridized carbons (Fsp3) is 0.480. The zero-order valence-electron chi connectivity index (χ0n) is 20.3. The summed E-state index contributed by atoms with van der Waals surface area (Å²) in [4.78, 5) is 32.9. The quantitative estimate of drug-likeness (QED) is 0.345. The molecule has 1 aromatic heterocycles. The van der Waals surface area contributed by atoms with Crippen LogP contribution in [0, 0.1) is 13.8 Å². The molecule has 1 N–H and O–H groups in total. The van der Waals surface area contributed by atoms with Crippen LogP contribution in [0.25, 0.3) is 0 Å². The smallest absolute Gasteiger partial charge is 0.290 e. The average molecular weight is 489 g/mol. The first-order valence-electron chi connectivity index (χ1n) is 11.4. The Morgan fingerprint density at radius 3 is 2.56 bits per heavy atom. The van der Waals surface area contributed by atoms with Crippen LogP contribution in [0.3, 0.4) is 0 Å². The minimum Gasteiger partial charge on any atom is -0.503 e. The molecule has 1 aliphatic heterocycles. The molecule has 0 saturated heterocycles. The van der Waals surface area contributed by atoms with Crippen molar-refractivity contribution in [1.82, 2.24) is 9.88 Å². The zero-order valence-corrected chi connectivity index (χ0v) is 21.2. The number of hydrogen-bond donors (Lipinski definition) is 1. The topological polar surface area (TPSA) is 98.2 Å². The number of ketones is 1. The summed E-state index contributed by atoms with van der Waals surface area (Å²) >= 11 is 1.25. The Morgan fingerprint density at radius 2 is 1.94 bits per heavy atom. The molecule has 1 aliphatic rings. The van der Waals surface area contributed by atoms with E-state index in [-0.39, 0.29) is 5.57 Å². The molecule has 0 spiro atoms. The van der Waals surface area contributed by atoms with E-state index in [9.17, 15) is 14.7 Å². The van der Waals surface area contributed by atoms with Crippen LogP contribution < -0.4 is 9.47 Å². The number of aryl methyl sites for hydroxylation is 2. The van der Waals surface area contributed by atoms with Gasteiger partial charge in [0.25, 0.3) is 5.91 Å². The summed E-state index contributed by atoms with van der Waals surface area (Å²) in [6.45, 7) is 6.98. The van der Waals surface area contributed by atoms with Gasteiger partial charge in [-0.3, -0.25) is 9.59 Å². The second kappa shape index (κ2) is 11.5. The van der Waals surface area contributed by atoms with Crippen LogP contribution in [-0.2, 0) is 9.53 Å². The molecule has 0 aliphatic carbocycles. The summed E-state index contributed by atoms with van der Waals surface area (Å²) in [7, 11) is 3.13. The lowest BCUT2D eigenvalue weighted by Crippen LogP contribution is -2.32. The van der Waals surface area contributed by atoms with E-state index in [2.05, 4.69) is 11.9 Å². The fourth-order valence-electron chi connectivity index (χ4n) is 4.01. The van der Waals surface area contributed by atoms with E-state index >= 15 is 0 Å². The van der Waals surface area contributed by atoms with Gasteiger partial charge in [-0.2, -0.15) is 0 Å². The van der Waals surface area contributed by atoms with Crippen molar-refractivity contribution in [1.29, 1.82) is 0 Å². The molecular weight excluding hydrogens is 456 g/mol. The van der Waals surface area contributed by atoms with Gasteiger partial charge in [0.1, 0.15) is 0 Å². The van der Waals surface area contributed by atoms with E-state index in [0.717, 1.165) is 17.8 Å². The van der Waals surface area contributed by atoms with Crippen LogP contribution in [-0.4, -0.2) is 60.7 Å². The Morgan fingerprint density at radius 1 is 1.18 bits per heavy atom. The molecule has 8 nitrogen and oxygen atoms in total. The van der Waals surface area contributed by atoms with E-state index in [1.807, 2.05) is 13.0 Å². The molecule has 2 heterocycles. The third kappa shape index (κ3) is 5.26. The molecule has 0 saturated carbocycles. The molecule has 0 bridgehead atoms. The second-order valence-electron chi connectivity index (χ2n) is 8.10. The molecule has 0 fully saturated rings. The van der Waals surface area contributed by atoms with Crippen molar-refractivity contribution >= 4 is 23.0 Å². The highest BCUT2D eigenvalue weighted by molar-refractivity contribution is 7.14. The number of methoxy groups -OCH3 is 2. The van der Waals surface area contributed by atoms with Gasteiger partial charge < -0.3 is 24.2 Å². The first-order valence-corrected chi connectivity index (χ1v) is 12.2. The van der Waals surface area contributed by atoms with Gasteiger partial charge in [-0.25, -0.2) is 4.98 Å². The molecule has 1 amide bonds. The number of rotatable bonds is 12. The first-order chi connectivity index (χ1) is 16.3. The average Bonchev–Trinajstić information content (AvgIpc) is 3.29. The van der Waals surface area contributed by atoms with Gasteiger partial charge in [-0.05, 0) is 44.4 Å². The number of benzene rings is 1. The number of nitrogens with zero attached hydrogens (tertiary/aromatic N) is 2. The number of amides is 1. The zero-order chi connectivity index (χ0) is 24.8. The van der Waals surface area contributed by atoms with E-state index < -0.39 is 23.5 Å². The Hall–Kier alpha value is -2.91. The maximum Gasteiger partial charge on any atom is 0.290 e. The Kier molecular flexibility index (Phi) is 8.68. The fourth-order valence-corrected chi connectivity index (χ4v) is 4.88. The van der Waals surface area contributed by atoms with Crippen molar-refractivity contribution in [2.45, 2.75) is 46.1 Å². The number of aliphatic hydroxyl groups is 1. The molecule has 1 unspecified atom stereocenters. The predicted molar refractivity (Wildman–Crippen MR) is 130 cm³/mol. The molecule has 1 atom stereocenters. The lowest BCUT2D eigenvalue weighted by atomic mass is 9.94. The molecular formula is C25H32N2O6S. The number of aliphatic hydroxyl groups excluding tert-OH is 1. The van der Waals surface area contributed by atoms with Crippen LogP contribution in [0.2, 0.25) is 0 Å². The van der Waals surface area contributed by atoms with Gasteiger partial charge in [-0.1, -0.05) is 19.4 Å². The van der Waals surface area contributed by atoms with E-state index in [1.54, 1.807) is 33.3 Å². The largest absolute Gasteiger partial charge is 0.503 e. The maximum atomic E-state index is 13.6. The van der Waals surface area contributed by atoms with Crippen LogP contribution >= 0.6 is 11.3 Å². The number of Topliss-reactive ketones (excluding diaryl/α,β-unsaturated/α-hetero) is 1. The van der Waals surface area contributed by atoms with E-state index in [1.165, 1.54) is 16.2 Å². The van der Waals surface area contributed by atoms with E-state index in [0.29, 0.717) is 53.8 Å². The lowest BCUT2D eigenvalue weighted by Gasteiger charge is -2.27. The van der Waals surface area contributed by atoms with Gasteiger partial charge in [-0.15, -0.1) is 11.3 Å². The summed E-state index contributed by atoms with van der Waals surface area (Å²) in [6, 6.07) is 4.58. The molecule has 34 heavy (non-hydrogen) atoms. The van der Waals surface area contributed by atoms with Crippen molar-refractivity contribution in [3.05, 3.63) is 50.7 Å². The van der Waals surface area contributed by atoms with Gasteiger partial charge in [0.05, 0.1) is 40.9 Å². The molecule has 3 rings (SSSR count). The number of ether oxygens (including phenoxy) is 3. The number of unbranched alkanes of at least 4 members (excludes halogenated alkanes) is 1. The molecule has 9 heteroatoms. The van der Waals surface area contributed by atoms with Crippen molar-refractivity contribution in [2.24, 2.45) is 0 Å². The summed E-state index contributed by atoms with van der Waals surface area (Å²) in [5.41, 5.74) is 1.28. The van der Waals surface area contributed by atoms with Crippen molar-refractivity contribution in [3.8, 4) is 11.5 Å². The second-order valence-corrected chi connectivity index (χ2v) is 9.30. The summed E-state index contributed by atoms with van der Waals surface area (Å²) in [5, 5.41) is 11.6. The highest BCUT2D eigenvalue weighted by atomic mass is 32.1. The standard InChI is InChI=1S/C25H32N2O6S/c1-6-7-13-33-18-10-9-17(14-19(18)32-5)21-20(22(28)24-15(2)26-16(3)34-24)23(29)25(30)27(21)11-8-12-31-4/h9-10,14,21,29H,6-8,11-13H2,1-5H3. The number of thiazole rings is 1. The Labute approximate surface area is 204 Å². The number of hydrogen-bond acceptors (Lipinski definition) is 8. The summed E-state index contributed by atoms with van der Waals surface area (Å²) < 4.78 is 16.5. The third-order valence-corrected chi connectivity index (χ3v) is 6.74. The van der Waals surface area contributed by atoms with Crippen LogP contribution in [0.15, 0.2) is 29.5 Å². The SMILES string of the molecule is CCCCOc1ccc(C2C(C(=O)c3sc(C)nc3C)=C(O)C(=O)N2CCCOC)cc1OC. The van der Waals surface area contributed by atoms with Crippen molar-refractivity contribution < 1.29 is 28.9 Å². The first kappa shape index (κ1) is 25.7. The summed E-state index contributed by atoms with van der Waals surface area (Å²) in [5.74, 6) is -0.410. The minimum absolute atomic E-state index is 0.0517. The highest BCUT2D eigenvalue weighted by Crippen LogP contribution is 2.42. The van der Waals surface area contributed by atoms with Gasteiger partial charge in [0.2, 0.25) is 5.78 Å². The monoisotopic (exact) mass is 488 g/mol. The van der Waals surface area contributed by atoms with Gasteiger partial charge >= 0.3 is 0 Å². The molecule has 1 aromatic carbocycles. The van der Waals surface area contributed by atoms with Crippen LogP contribution in [0.1, 0.15) is 58.2 Å². The van der Waals surface area contributed by atoms with Crippen LogP contribution in [0.5, 0.6) is 11.5 Å². The van der Waals surface area contributed by atoms with Crippen LogP contribution in [0.4, 0.5) is 0 Å².